The van der Waals surface area contributed by atoms with Crippen molar-refractivity contribution in [3.8, 4) is 0 Å². The number of anilines is 2. The van der Waals surface area contributed by atoms with Gasteiger partial charge in [0.05, 0.1) is 38.5 Å². The number of aliphatic hydroxyl groups excluding tert-OH is 10. The summed E-state index contributed by atoms with van der Waals surface area (Å²) in [4.78, 5) is 40.2. The molecule has 3 aromatic heterocycles. The first-order valence-electron chi connectivity index (χ1n) is 17.7. The largest absolute Gasteiger partial charge is 0.394 e. The minimum atomic E-state index is -1.95. The highest BCUT2D eigenvalue weighted by atomic mass is 16.4. The number of fused-ring (bicyclic) bond motifs is 2. The van der Waals surface area contributed by atoms with Gasteiger partial charge >= 0.3 is 0 Å². The van der Waals surface area contributed by atoms with E-state index in [9.17, 15) is 50.4 Å². The number of nitrogen functional groups attached to an aromatic ring is 1. The number of rotatable bonds is 22. The lowest BCUT2D eigenvalue weighted by atomic mass is 10.0. The summed E-state index contributed by atoms with van der Waals surface area (Å²) in [7, 11) is 0. The van der Waals surface area contributed by atoms with E-state index >= 15 is 0 Å². The van der Waals surface area contributed by atoms with Crippen molar-refractivity contribution in [3.05, 3.63) is 41.9 Å². The number of hydrogen-bond donors (Lipinski definition) is 13. The quantitative estimate of drug-likeness (QED) is 0.0262. The van der Waals surface area contributed by atoms with Crippen LogP contribution in [-0.2, 0) is 24.4 Å². The number of carbonyl (C=O) groups excluding carboxylic acids is 2. The fourth-order valence-corrected chi connectivity index (χ4v) is 6.37. The van der Waals surface area contributed by atoms with E-state index in [1.807, 2.05) is 23.0 Å². The van der Waals surface area contributed by atoms with E-state index in [1.165, 1.54) is 9.80 Å². The Balaban J connectivity index is 1.53. The van der Waals surface area contributed by atoms with Crippen molar-refractivity contribution < 1.29 is 65.2 Å². The molecule has 21 nitrogen and oxygen atoms in total. The van der Waals surface area contributed by atoms with E-state index in [2.05, 4.69) is 20.3 Å². The van der Waals surface area contributed by atoms with Crippen LogP contribution >= 0.6 is 0 Å². The molecular weight excluding hydrogens is 726 g/mol. The molecule has 2 amide bonds. The smallest absolute Gasteiger partial charge is 0.277 e. The highest BCUT2D eigenvalue weighted by Crippen LogP contribution is 2.24. The third-order valence-electron chi connectivity index (χ3n) is 9.43. The fourth-order valence-electron chi connectivity index (χ4n) is 6.37. The zero-order chi connectivity index (χ0) is 40.6. The first-order valence-corrected chi connectivity index (χ1v) is 17.7. The predicted molar refractivity (Wildman–Crippen MR) is 195 cm³/mol. The molecule has 0 saturated heterocycles. The minimum Gasteiger partial charge on any atom is -0.394 e. The van der Waals surface area contributed by atoms with Gasteiger partial charge in [-0.25, -0.2) is 19.1 Å². The highest BCUT2D eigenvalue weighted by molar-refractivity contribution is 5.97. The summed E-state index contributed by atoms with van der Waals surface area (Å²) in [5.74, 6) is 0.477. The molecule has 304 valence electrons. The number of aromatic amines is 1. The maximum atomic E-state index is 13.4. The SMILES string of the molecule is CCn1c(CN(C=O)c2nc3cc[nH]c3nc2N)[n+](CC)c2ccc(C(=O)NCCN(C[C@H](O)[C@@H](O)[C@H](O)[C@H](O)CO)C[C@H](O)[C@@H](O)[C@H](O)[C@H](O)CO)cc21. The van der Waals surface area contributed by atoms with Gasteiger partial charge in [0, 0.05) is 44.0 Å². The Kier molecular flexibility index (Phi) is 15.3. The summed E-state index contributed by atoms with van der Waals surface area (Å²) in [6.45, 7) is 1.93. The first kappa shape index (κ1) is 43.3. The van der Waals surface area contributed by atoms with Crippen LogP contribution in [0, 0.1) is 0 Å². The zero-order valence-corrected chi connectivity index (χ0v) is 30.5. The van der Waals surface area contributed by atoms with Crippen molar-refractivity contribution in [2.75, 3.05) is 50.0 Å². The molecule has 14 N–H and O–H groups in total. The number of imidazole rings is 1. The summed E-state index contributed by atoms with van der Waals surface area (Å²) in [5.41, 5.74) is 8.94. The third-order valence-corrected chi connectivity index (χ3v) is 9.43. The second-order valence-electron chi connectivity index (χ2n) is 13.1. The van der Waals surface area contributed by atoms with Crippen molar-refractivity contribution in [2.24, 2.45) is 0 Å². The molecule has 0 saturated carbocycles. The van der Waals surface area contributed by atoms with Gasteiger partial charge in [0.2, 0.25) is 6.41 Å². The summed E-state index contributed by atoms with van der Waals surface area (Å²) < 4.78 is 3.95. The van der Waals surface area contributed by atoms with Gasteiger partial charge in [0.1, 0.15) is 48.7 Å². The Morgan fingerprint density at radius 1 is 0.927 bits per heavy atom. The predicted octanol–water partition coefficient (Wildman–Crippen LogP) is -5.11. The lowest BCUT2D eigenvalue weighted by molar-refractivity contribution is -0.676. The van der Waals surface area contributed by atoms with Crippen LogP contribution in [0.5, 0.6) is 0 Å². The maximum absolute atomic E-state index is 13.4. The molecule has 0 aliphatic heterocycles. The molecular formula is C34H52N9O12+. The van der Waals surface area contributed by atoms with Crippen LogP contribution in [-0.4, -0.2) is 176 Å². The topological polar surface area (TPSA) is 331 Å². The number of amides is 2. The summed E-state index contributed by atoms with van der Waals surface area (Å²) >= 11 is 0. The molecule has 55 heavy (non-hydrogen) atoms. The van der Waals surface area contributed by atoms with Crippen LogP contribution in [0.15, 0.2) is 30.5 Å². The Morgan fingerprint density at radius 3 is 2.07 bits per heavy atom. The van der Waals surface area contributed by atoms with E-state index in [4.69, 9.17) is 15.9 Å². The molecule has 0 aliphatic carbocycles. The Hall–Kier alpha value is -4.39. The Bertz CT molecular complexity index is 1850. The van der Waals surface area contributed by atoms with Gasteiger partial charge in [0.25, 0.3) is 11.7 Å². The highest BCUT2D eigenvalue weighted by Gasteiger charge is 2.34. The van der Waals surface area contributed by atoms with Gasteiger partial charge in [-0.05, 0) is 32.0 Å². The number of nitrogens with two attached hydrogens (primary N) is 1. The van der Waals surface area contributed by atoms with Crippen LogP contribution in [0.25, 0.3) is 22.2 Å². The normalized spacial score (nSPS) is 16.5. The van der Waals surface area contributed by atoms with Crippen LogP contribution in [0.4, 0.5) is 11.6 Å². The average molecular weight is 779 g/mol. The number of aryl methyl sites for hydroxylation is 2. The maximum Gasteiger partial charge on any atom is 0.277 e. The lowest BCUT2D eigenvalue weighted by Crippen LogP contribution is -2.54. The number of nitrogens with one attached hydrogen (secondary N) is 2. The van der Waals surface area contributed by atoms with Crippen LogP contribution < -0.4 is 20.5 Å². The first-order chi connectivity index (χ1) is 26.2. The molecule has 4 aromatic rings. The van der Waals surface area contributed by atoms with Gasteiger partial charge in [-0.1, -0.05) is 0 Å². The van der Waals surface area contributed by atoms with Crippen molar-refractivity contribution >= 4 is 46.2 Å². The van der Waals surface area contributed by atoms with E-state index < -0.39 is 81.0 Å². The van der Waals surface area contributed by atoms with E-state index in [0.717, 1.165) is 11.3 Å². The molecule has 0 radical (unpaired) electrons. The van der Waals surface area contributed by atoms with Crippen molar-refractivity contribution in [1.29, 1.82) is 0 Å². The molecule has 21 heteroatoms. The number of carbonyl (C=O) groups is 2. The van der Waals surface area contributed by atoms with Crippen LogP contribution in [0.3, 0.4) is 0 Å². The van der Waals surface area contributed by atoms with Crippen molar-refractivity contribution in [1.82, 2.24) is 29.7 Å². The van der Waals surface area contributed by atoms with Crippen molar-refractivity contribution in [2.45, 2.75) is 82.3 Å². The molecule has 0 bridgehead atoms. The van der Waals surface area contributed by atoms with Gasteiger partial charge in [-0.15, -0.1) is 0 Å². The molecule has 0 spiro atoms. The molecule has 3 heterocycles. The number of aliphatic hydroxyl groups is 10. The van der Waals surface area contributed by atoms with Crippen molar-refractivity contribution in [3.63, 3.8) is 0 Å². The number of H-pyrrole nitrogens is 1. The number of benzene rings is 1. The molecule has 0 aliphatic rings. The Morgan fingerprint density at radius 2 is 1.53 bits per heavy atom. The molecule has 8 atom stereocenters. The summed E-state index contributed by atoms with van der Waals surface area (Å²) in [6, 6.07) is 6.80. The molecule has 0 unspecified atom stereocenters. The number of hydrogen-bond acceptors (Lipinski definition) is 16. The lowest BCUT2D eigenvalue weighted by Gasteiger charge is -2.33. The second kappa shape index (κ2) is 19.5. The van der Waals surface area contributed by atoms with Crippen LogP contribution in [0.1, 0.15) is 30.0 Å². The van der Waals surface area contributed by atoms with Gasteiger partial charge in [-0.3, -0.25) is 19.4 Å². The standard InChI is InChI=1S/C34H51N9O12/c1-3-42-20-6-5-18(11-21(20)43(4-2)26(42)14-41(17-46)33-31(35)39-32-19(38-33)7-8-36-32)34(55)37-9-10-40(12-22(47)27(51)29(53)24(49)15-44)13-23(48)28(52)30(54)25(50)16-45/h5-8,11,17,22-25,27-30,44-45,47-54H,3-4,9-10,12-16H2,1-2H3,(H3-,35,36,37,38,39,55)/p+1/t22-,23-,24+,25+,27+,28+,29+,30+/m0/s1. The van der Waals surface area contributed by atoms with E-state index in [0.29, 0.717) is 36.2 Å². The minimum absolute atomic E-state index is 0.0642. The van der Waals surface area contributed by atoms with Gasteiger partial charge in [-0.2, -0.15) is 0 Å². The monoisotopic (exact) mass is 778 g/mol. The molecule has 0 fully saturated rings. The third kappa shape index (κ3) is 9.89. The number of aromatic nitrogens is 5. The number of nitrogens with zero attached hydrogens (tertiary/aromatic N) is 6. The van der Waals surface area contributed by atoms with E-state index in [-0.39, 0.29) is 36.8 Å². The van der Waals surface area contributed by atoms with Gasteiger partial charge < -0.3 is 67.1 Å². The Labute approximate surface area is 315 Å². The summed E-state index contributed by atoms with van der Waals surface area (Å²) in [5, 5.41) is 102. The summed E-state index contributed by atoms with van der Waals surface area (Å²) in [6.07, 6.45) is -12.6. The average Bonchev–Trinajstić information content (AvgIpc) is 3.77. The second-order valence-corrected chi connectivity index (χ2v) is 13.1. The molecule has 4 rings (SSSR count). The van der Waals surface area contributed by atoms with E-state index in [1.54, 1.807) is 30.5 Å². The zero-order valence-electron chi connectivity index (χ0n) is 30.5. The van der Waals surface area contributed by atoms with Gasteiger partial charge in [0.15, 0.2) is 28.3 Å². The fraction of sp³-hybridized carbons (Fsp3) is 0.559. The molecule has 1 aromatic carbocycles. The van der Waals surface area contributed by atoms with Crippen LogP contribution in [0.2, 0.25) is 0 Å².